The Morgan fingerprint density at radius 1 is 1.53 bits per heavy atom. The van der Waals surface area contributed by atoms with E-state index >= 15 is 0 Å². The van der Waals surface area contributed by atoms with Gasteiger partial charge in [0.05, 0.1) is 6.10 Å². The fourth-order valence-corrected chi connectivity index (χ4v) is 2.78. The van der Waals surface area contributed by atoms with E-state index in [1.807, 2.05) is 4.90 Å². The van der Waals surface area contributed by atoms with Gasteiger partial charge in [-0.1, -0.05) is 27.2 Å². The van der Waals surface area contributed by atoms with Gasteiger partial charge in [-0.3, -0.25) is 4.79 Å². The summed E-state index contributed by atoms with van der Waals surface area (Å²) in [6, 6.07) is 0. The van der Waals surface area contributed by atoms with E-state index < -0.39 is 5.41 Å². The predicted octanol–water partition coefficient (Wildman–Crippen LogP) is 2.67. The smallest absolute Gasteiger partial charge is 0.223 e. The summed E-state index contributed by atoms with van der Waals surface area (Å²) in [5.74, 6) is 1.07. The van der Waals surface area contributed by atoms with Crippen molar-refractivity contribution in [2.75, 3.05) is 18.8 Å². The van der Waals surface area contributed by atoms with Crippen LogP contribution in [0.4, 0.5) is 0 Å². The van der Waals surface area contributed by atoms with Gasteiger partial charge in [0.15, 0.2) is 0 Å². The van der Waals surface area contributed by atoms with Crippen LogP contribution in [0.3, 0.4) is 0 Å². The molecule has 0 aliphatic carbocycles. The fourth-order valence-electron chi connectivity index (χ4n) is 1.92. The first-order valence-corrected chi connectivity index (χ1v) is 7.92. The van der Waals surface area contributed by atoms with Crippen molar-refractivity contribution in [3.8, 4) is 0 Å². The minimum Gasteiger partial charge on any atom is -0.340 e. The maximum absolute atomic E-state index is 12.0. The zero-order valence-corrected chi connectivity index (χ0v) is 13.0. The molecule has 1 aliphatic rings. The van der Waals surface area contributed by atoms with Crippen LogP contribution < -0.4 is 0 Å². The Balaban J connectivity index is 2.27. The molecule has 1 saturated heterocycles. The van der Waals surface area contributed by atoms with E-state index in [0.717, 1.165) is 31.4 Å². The van der Waals surface area contributed by atoms with Crippen LogP contribution in [0.25, 0.3) is 0 Å². The molecule has 0 aromatic carbocycles. The molecule has 1 atom stereocenters. The molecular weight excluding hydrogens is 262 g/mol. The quantitative estimate of drug-likeness (QED) is 0.391. The summed E-state index contributed by atoms with van der Waals surface area (Å²) in [5, 5.41) is 0. The van der Waals surface area contributed by atoms with Gasteiger partial charge in [-0.05, 0) is 24.9 Å². The predicted molar refractivity (Wildman–Crippen MR) is 77.9 cm³/mol. The first-order chi connectivity index (χ1) is 8.98. The first kappa shape index (κ1) is 16.5. The molecule has 110 valence electrons. The normalized spacial score (nSPS) is 19.7. The lowest BCUT2D eigenvalue weighted by Crippen LogP contribution is -2.33. The molecule has 1 aliphatic heterocycles. The van der Waals surface area contributed by atoms with Gasteiger partial charge in [-0.15, -0.1) is 0 Å². The van der Waals surface area contributed by atoms with Gasteiger partial charge in [-0.2, -0.15) is 0 Å². The second-order valence-corrected chi connectivity index (χ2v) is 6.64. The lowest BCUT2D eigenvalue weighted by Gasteiger charge is -2.21. The van der Waals surface area contributed by atoms with E-state index in [9.17, 15) is 9.59 Å². The number of amides is 1. The zero-order valence-electron chi connectivity index (χ0n) is 12.2. The highest BCUT2D eigenvalue weighted by molar-refractivity contribution is 7.94. The first-order valence-electron chi connectivity index (χ1n) is 7.01. The number of hydrogen-bond donors (Lipinski definition) is 0. The van der Waals surface area contributed by atoms with Crippen LogP contribution in [-0.2, 0) is 13.8 Å². The van der Waals surface area contributed by atoms with Crippen LogP contribution in [-0.4, -0.2) is 42.0 Å². The monoisotopic (exact) mass is 287 g/mol. The highest BCUT2D eigenvalue weighted by atomic mass is 32.2. The molecule has 1 fully saturated rings. The Bertz CT molecular complexity index is 307. The van der Waals surface area contributed by atoms with E-state index in [2.05, 4.69) is 6.92 Å². The molecule has 1 unspecified atom stereocenters. The summed E-state index contributed by atoms with van der Waals surface area (Å²) in [6.45, 7) is 7.15. The summed E-state index contributed by atoms with van der Waals surface area (Å²) in [4.78, 5) is 24.7. The Morgan fingerprint density at radius 3 is 2.89 bits per heavy atom. The van der Waals surface area contributed by atoms with Gasteiger partial charge >= 0.3 is 0 Å². The van der Waals surface area contributed by atoms with Crippen LogP contribution in [0.1, 0.15) is 46.5 Å². The minimum absolute atomic E-state index is 0.0572. The van der Waals surface area contributed by atoms with Gasteiger partial charge in [0, 0.05) is 30.7 Å². The third kappa shape index (κ3) is 5.95. The van der Waals surface area contributed by atoms with E-state index in [1.54, 1.807) is 13.8 Å². The average molecular weight is 287 g/mol. The molecule has 1 heterocycles. The van der Waals surface area contributed by atoms with Crippen molar-refractivity contribution in [2.45, 2.75) is 52.6 Å². The Kier molecular flexibility index (Phi) is 6.86. The zero-order chi connectivity index (χ0) is 14.3. The number of nitrogens with zero attached hydrogens (tertiary/aromatic N) is 1. The number of unbranched alkanes of at least 4 members (excludes halogenated alkanes) is 1. The van der Waals surface area contributed by atoms with E-state index in [4.69, 9.17) is 4.18 Å². The van der Waals surface area contributed by atoms with Gasteiger partial charge in [-0.25, -0.2) is 0 Å². The van der Waals surface area contributed by atoms with E-state index in [0.29, 0.717) is 6.54 Å². The summed E-state index contributed by atoms with van der Waals surface area (Å²) < 4.78 is 5.70. The Labute approximate surface area is 120 Å². The van der Waals surface area contributed by atoms with Crippen LogP contribution in [0.2, 0.25) is 0 Å². The summed E-state index contributed by atoms with van der Waals surface area (Å²) in [6.07, 6.45) is 4.51. The van der Waals surface area contributed by atoms with Crippen molar-refractivity contribution in [3.05, 3.63) is 0 Å². The third-order valence-corrected chi connectivity index (χ3v) is 4.07. The average Bonchev–Trinajstić information content (AvgIpc) is 2.83. The molecule has 0 N–H and O–H groups in total. The number of carbonyl (C=O) groups is 2. The van der Waals surface area contributed by atoms with Gasteiger partial charge in [0.1, 0.15) is 6.29 Å². The fraction of sp³-hybridized carbons (Fsp3) is 0.857. The third-order valence-electron chi connectivity index (χ3n) is 3.21. The standard InChI is InChI=1S/C14H25NO3S/c1-4-5-8-19-18-12-6-7-15(10-12)13(17)9-14(2,3)11-16/h11-12H,4-10H2,1-3H3. The highest BCUT2D eigenvalue weighted by Gasteiger charge is 2.30. The largest absolute Gasteiger partial charge is 0.340 e. The molecule has 1 rings (SSSR count). The van der Waals surface area contributed by atoms with E-state index in [-0.39, 0.29) is 18.4 Å². The van der Waals surface area contributed by atoms with Gasteiger partial charge in [0.2, 0.25) is 5.91 Å². The second-order valence-electron chi connectivity index (χ2n) is 5.81. The van der Waals surface area contributed by atoms with Crippen LogP contribution in [0.15, 0.2) is 0 Å². The number of hydrogen-bond acceptors (Lipinski definition) is 4. The van der Waals surface area contributed by atoms with Crippen LogP contribution in [0, 0.1) is 5.41 Å². The van der Waals surface area contributed by atoms with Crippen molar-refractivity contribution < 1.29 is 13.8 Å². The number of rotatable bonds is 8. The van der Waals surface area contributed by atoms with Crippen molar-refractivity contribution in [3.63, 3.8) is 0 Å². The SMILES string of the molecule is CCCCSOC1CCN(C(=O)CC(C)(C)C=O)C1. The number of likely N-dealkylation sites (tertiary alicyclic amines) is 1. The lowest BCUT2D eigenvalue weighted by atomic mass is 9.91. The Hall–Kier alpha value is -0.550. The molecule has 0 saturated carbocycles. The molecule has 0 spiro atoms. The Morgan fingerprint density at radius 2 is 2.26 bits per heavy atom. The highest BCUT2D eigenvalue weighted by Crippen LogP contribution is 2.23. The second kappa shape index (κ2) is 7.90. The summed E-state index contributed by atoms with van der Waals surface area (Å²) in [5.41, 5.74) is -0.564. The molecule has 0 radical (unpaired) electrons. The molecular formula is C14H25NO3S. The molecule has 0 aromatic heterocycles. The minimum atomic E-state index is -0.564. The van der Waals surface area contributed by atoms with Crippen molar-refractivity contribution in [1.29, 1.82) is 0 Å². The molecule has 0 aromatic rings. The number of aldehydes is 1. The molecule has 0 bridgehead atoms. The maximum atomic E-state index is 12.0. The van der Waals surface area contributed by atoms with Gasteiger partial charge in [0.25, 0.3) is 0 Å². The van der Waals surface area contributed by atoms with Crippen molar-refractivity contribution >= 4 is 24.2 Å². The molecule has 19 heavy (non-hydrogen) atoms. The maximum Gasteiger partial charge on any atom is 0.223 e. The molecule has 4 nitrogen and oxygen atoms in total. The van der Waals surface area contributed by atoms with Crippen LogP contribution >= 0.6 is 12.0 Å². The lowest BCUT2D eigenvalue weighted by molar-refractivity contribution is -0.134. The molecule has 1 amide bonds. The topological polar surface area (TPSA) is 46.6 Å². The number of carbonyl (C=O) groups excluding carboxylic acids is 2. The van der Waals surface area contributed by atoms with Crippen molar-refractivity contribution in [2.24, 2.45) is 5.41 Å². The van der Waals surface area contributed by atoms with Crippen molar-refractivity contribution in [1.82, 2.24) is 4.90 Å². The molecule has 5 heteroatoms. The van der Waals surface area contributed by atoms with E-state index in [1.165, 1.54) is 18.5 Å². The summed E-state index contributed by atoms with van der Waals surface area (Å²) >= 11 is 1.51. The van der Waals surface area contributed by atoms with Crippen LogP contribution in [0.5, 0.6) is 0 Å². The van der Waals surface area contributed by atoms with Gasteiger partial charge < -0.3 is 13.9 Å². The summed E-state index contributed by atoms with van der Waals surface area (Å²) in [7, 11) is 0.